The molecule has 0 fully saturated rings. The third-order valence-electron chi connectivity index (χ3n) is 3.50. The number of halogens is 1. The zero-order valence-electron chi connectivity index (χ0n) is 14.9. The van der Waals surface area contributed by atoms with Gasteiger partial charge in [0.25, 0.3) is 5.91 Å². The second-order valence-corrected chi connectivity index (χ2v) is 6.83. The highest BCUT2D eigenvalue weighted by atomic mass is 79.9. The second-order valence-electron chi connectivity index (χ2n) is 5.91. The minimum Gasteiger partial charge on any atom is -0.507 e. The number of rotatable bonds is 6. The Balaban J connectivity index is 1.85. The van der Waals surface area contributed by atoms with Crippen molar-refractivity contribution in [1.29, 1.82) is 0 Å². The number of phenolic OH excluding ortho intramolecular Hbond substituents is 1. The van der Waals surface area contributed by atoms with Crippen molar-refractivity contribution in [3.8, 4) is 11.6 Å². The molecule has 0 saturated carbocycles. The van der Waals surface area contributed by atoms with Gasteiger partial charge in [-0.1, -0.05) is 21.1 Å². The number of hydrogen-bond donors (Lipinski definition) is 3. The Bertz CT molecular complexity index is 1030. The van der Waals surface area contributed by atoms with Crippen molar-refractivity contribution in [2.45, 2.75) is 6.54 Å². The molecule has 28 heavy (non-hydrogen) atoms. The summed E-state index contributed by atoms with van der Waals surface area (Å²) >= 11 is 3.30. The summed E-state index contributed by atoms with van der Waals surface area (Å²) in [6.45, 7) is 0.318. The van der Waals surface area contributed by atoms with Gasteiger partial charge in [0.2, 0.25) is 11.6 Å². The fourth-order valence-corrected chi connectivity index (χ4v) is 2.65. The van der Waals surface area contributed by atoms with E-state index in [1.807, 2.05) is 19.0 Å². The predicted octanol–water partition coefficient (Wildman–Crippen LogP) is 0.526. The van der Waals surface area contributed by atoms with Gasteiger partial charge in [0.1, 0.15) is 5.75 Å². The molecule has 1 aromatic carbocycles. The van der Waals surface area contributed by atoms with Crippen LogP contribution in [0.25, 0.3) is 5.82 Å². The summed E-state index contributed by atoms with van der Waals surface area (Å²) in [7, 11) is 3.63. The Labute approximate surface area is 167 Å². The number of aromatic nitrogens is 5. The number of aromatic hydroxyl groups is 1. The van der Waals surface area contributed by atoms with Gasteiger partial charge < -0.3 is 15.7 Å². The third kappa shape index (κ3) is 4.15. The summed E-state index contributed by atoms with van der Waals surface area (Å²) in [5, 5.41) is 28.7. The Kier molecular flexibility index (Phi) is 5.65. The Morgan fingerprint density at radius 2 is 2.25 bits per heavy atom. The average molecular weight is 450 g/mol. The third-order valence-corrected chi connectivity index (χ3v) is 3.99. The molecule has 146 valence electrons. The van der Waals surface area contributed by atoms with E-state index in [4.69, 9.17) is 5.73 Å². The molecule has 0 aliphatic heterocycles. The van der Waals surface area contributed by atoms with Crippen LogP contribution in [-0.2, 0) is 6.54 Å². The number of nitrogens with zero attached hydrogens (tertiary/aromatic N) is 7. The van der Waals surface area contributed by atoms with Crippen LogP contribution in [0.2, 0.25) is 0 Å². The summed E-state index contributed by atoms with van der Waals surface area (Å²) in [5.41, 5.74) is 8.95. The number of hydrazone groups is 1. The van der Waals surface area contributed by atoms with Gasteiger partial charge in [-0.05, 0) is 42.6 Å². The zero-order chi connectivity index (χ0) is 20.3. The van der Waals surface area contributed by atoms with Crippen molar-refractivity contribution < 1.29 is 14.5 Å². The Morgan fingerprint density at radius 1 is 1.46 bits per heavy atom. The zero-order valence-corrected chi connectivity index (χ0v) is 16.5. The topological polar surface area (TPSA) is 161 Å². The summed E-state index contributed by atoms with van der Waals surface area (Å²) in [6, 6.07) is 4.84. The molecule has 3 aromatic rings. The van der Waals surface area contributed by atoms with Crippen molar-refractivity contribution in [1.82, 2.24) is 35.6 Å². The quantitative estimate of drug-likeness (QED) is 0.359. The summed E-state index contributed by atoms with van der Waals surface area (Å²) < 4.78 is 6.63. The first kappa shape index (κ1) is 19.4. The molecule has 0 aliphatic carbocycles. The van der Waals surface area contributed by atoms with Crippen LogP contribution in [0, 0.1) is 0 Å². The van der Waals surface area contributed by atoms with E-state index in [2.05, 4.69) is 51.7 Å². The highest BCUT2D eigenvalue weighted by Crippen LogP contribution is 2.20. The second kappa shape index (κ2) is 8.14. The molecule has 2 aromatic heterocycles. The largest absolute Gasteiger partial charge is 0.507 e. The van der Waals surface area contributed by atoms with E-state index >= 15 is 0 Å². The SMILES string of the molecule is CN(C)Cc1c(C(=O)N/N=C\c2cc(Br)ccc2O)nnn1-c1nonc1N. The van der Waals surface area contributed by atoms with Crippen molar-refractivity contribution in [2.75, 3.05) is 19.8 Å². The highest BCUT2D eigenvalue weighted by molar-refractivity contribution is 9.10. The smallest absolute Gasteiger partial charge is 0.293 e. The molecule has 0 atom stereocenters. The maximum absolute atomic E-state index is 12.5. The molecule has 0 radical (unpaired) electrons. The van der Waals surface area contributed by atoms with E-state index in [1.54, 1.807) is 12.1 Å². The fraction of sp³-hybridized carbons (Fsp3) is 0.200. The van der Waals surface area contributed by atoms with Gasteiger partial charge in [0.15, 0.2) is 5.69 Å². The first-order valence-corrected chi connectivity index (χ1v) is 8.65. The molecule has 0 saturated heterocycles. The van der Waals surface area contributed by atoms with E-state index in [1.165, 1.54) is 17.0 Å². The lowest BCUT2D eigenvalue weighted by Crippen LogP contribution is -2.23. The number of benzene rings is 1. The van der Waals surface area contributed by atoms with Crippen LogP contribution in [0.3, 0.4) is 0 Å². The van der Waals surface area contributed by atoms with Crippen LogP contribution in [0.15, 0.2) is 32.4 Å². The molecule has 0 unspecified atom stereocenters. The van der Waals surface area contributed by atoms with E-state index in [-0.39, 0.29) is 23.1 Å². The molecule has 4 N–H and O–H groups in total. The molecule has 0 spiro atoms. The standard InChI is InChI=1S/C15H16BrN9O3/c1-24(2)7-10-12(19-23-25(10)14-13(17)21-28-22-14)15(27)20-18-6-8-5-9(16)3-4-11(8)26/h3-6,26H,7H2,1-2H3,(H2,17,21)(H,20,27)/b18-6-. The molecule has 1 amide bonds. The van der Waals surface area contributed by atoms with E-state index in [0.717, 1.165) is 4.47 Å². The summed E-state index contributed by atoms with van der Waals surface area (Å²) in [4.78, 5) is 14.4. The van der Waals surface area contributed by atoms with Crippen molar-refractivity contribution in [2.24, 2.45) is 5.10 Å². The van der Waals surface area contributed by atoms with Crippen LogP contribution < -0.4 is 11.2 Å². The van der Waals surface area contributed by atoms with Gasteiger partial charge in [-0.25, -0.2) is 10.1 Å². The van der Waals surface area contributed by atoms with Crippen molar-refractivity contribution in [3.63, 3.8) is 0 Å². The van der Waals surface area contributed by atoms with Crippen LogP contribution in [0.4, 0.5) is 5.82 Å². The summed E-state index contributed by atoms with van der Waals surface area (Å²) in [6.07, 6.45) is 1.31. The van der Waals surface area contributed by atoms with E-state index in [9.17, 15) is 9.90 Å². The van der Waals surface area contributed by atoms with Crippen molar-refractivity contribution in [3.05, 3.63) is 39.6 Å². The summed E-state index contributed by atoms with van der Waals surface area (Å²) in [5.74, 6) is -0.427. The van der Waals surface area contributed by atoms with Gasteiger partial charge in [-0.3, -0.25) is 4.79 Å². The lowest BCUT2D eigenvalue weighted by Gasteiger charge is -2.11. The first-order chi connectivity index (χ1) is 13.4. The monoisotopic (exact) mass is 449 g/mol. The number of nitrogens with two attached hydrogens (primary N) is 1. The minimum absolute atomic E-state index is 0.0139. The molecular formula is C15H16BrN9O3. The Morgan fingerprint density at radius 3 is 2.93 bits per heavy atom. The van der Waals surface area contributed by atoms with Crippen molar-refractivity contribution >= 4 is 33.9 Å². The number of amides is 1. The van der Waals surface area contributed by atoms with E-state index < -0.39 is 5.91 Å². The highest BCUT2D eigenvalue weighted by Gasteiger charge is 2.24. The molecule has 12 nitrogen and oxygen atoms in total. The van der Waals surface area contributed by atoms with Crippen LogP contribution in [0.5, 0.6) is 5.75 Å². The van der Waals surface area contributed by atoms with E-state index in [0.29, 0.717) is 17.8 Å². The van der Waals surface area contributed by atoms with Crippen LogP contribution >= 0.6 is 15.9 Å². The van der Waals surface area contributed by atoms with Crippen LogP contribution in [-0.4, -0.2) is 61.5 Å². The number of hydrogen-bond acceptors (Lipinski definition) is 10. The Hall–Kier alpha value is -3.32. The predicted molar refractivity (Wildman–Crippen MR) is 102 cm³/mol. The molecule has 13 heteroatoms. The average Bonchev–Trinajstić information content (AvgIpc) is 3.23. The lowest BCUT2D eigenvalue weighted by atomic mass is 10.2. The molecule has 2 heterocycles. The number of anilines is 1. The van der Waals surface area contributed by atoms with Gasteiger partial charge in [-0.15, -0.1) is 5.10 Å². The van der Waals surface area contributed by atoms with Gasteiger partial charge >= 0.3 is 0 Å². The number of carbonyl (C=O) groups is 1. The molecule has 3 rings (SSSR count). The van der Waals surface area contributed by atoms with Crippen LogP contribution in [0.1, 0.15) is 21.7 Å². The molecule has 0 aliphatic rings. The lowest BCUT2D eigenvalue weighted by molar-refractivity contribution is 0.0948. The number of phenols is 1. The normalized spacial score (nSPS) is 11.4. The number of nitrogens with one attached hydrogen (secondary N) is 1. The molecule has 0 bridgehead atoms. The number of nitrogen functional groups attached to an aromatic ring is 1. The van der Waals surface area contributed by atoms with Gasteiger partial charge in [0, 0.05) is 16.6 Å². The van der Waals surface area contributed by atoms with Gasteiger partial charge in [0.05, 0.1) is 11.9 Å². The minimum atomic E-state index is -0.594. The maximum Gasteiger partial charge on any atom is 0.293 e. The van der Waals surface area contributed by atoms with Gasteiger partial charge in [-0.2, -0.15) is 9.78 Å². The first-order valence-electron chi connectivity index (χ1n) is 7.86. The fourth-order valence-electron chi connectivity index (χ4n) is 2.27. The molecular weight excluding hydrogens is 434 g/mol. The maximum atomic E-state index is 12.5. The number of carbonyl (C=O) groups excluding carboxylic acids is 1.